The van der Waals surface area contributed by atoms with Gasteiger partial charge in [-0.15, -0.1) is 24.0 Å². The van der Waals surface area contributed by atoms with Gasteiger partial charge in [-0.25, -0.2) is 0 Å². The Kier molecular flexibility index (Phi) is 9.97. The molecular weight excluding hydrogens is 509 g/mol. The third kappa shape index (κ3) is 7.51. The van der Waals surface area contributed by atoms with Gasteiger partial charge >= 0.3 is 0 Å². The maximum absolute atomic E-state index is 10.0. The largest absolute Gasteiger partial charge is 0.490 e. The third-order valence-electron chi connectivity index (χ3n) is 3.57. The standard InChI is InChI=1S/C19H24BrN3O2.HI/c1-13(2)14-6-5-7-15(10-14)23-19(21)22-11-16(24)12-25-18-9-4-3-8-17(18)20;/h3-10,13,16,24H,11-12H2,1-2H3,(H3,21,22,23);1H. The number of guanidine groups is 1. The lowest BCUT2D eigenvalue weighted by Crippen LogP contribution is -2.27. The molecule has 2 aromatic rings. The number of nitrogens with zero attached hydrogens (tertiary/aromatic N) is 1. The monoisotopic (exact) mass is 533 g/mol. The van der Waals surface area contributed by atoms with Crippen LogP contribution in [0.25, 0.3) is 0 Å². The zero-order valence-electron chi connectivity index (χ0n) is 14.9. The summed E-state index contributed by atoms with van der Waals surface area (Å²) in [6.07, 6.45) is -0.741. The van der Waals surface area contributed by atoms with Crippen molar-refractivity contribution in [2.24, 2.45) is 10.7 Å². The SMILES string of the molecule is CC(C)c1cccc(NC(N)=NCC(O)COc2ccccc2Br)c1.I. The Labute approximate surface area is 180 Å². The Balaban J connectivity index is 0.00000338. The molecule has 5 nitrogen and oxygen atoms in total. The number of halogens is 2. The van der Waals surface area contributed by atoms with Crippen molar-refractivity contribution in [1.29, 1.82) is 0 Å². The first kappa shape index (κ1) is 22.7. The van der Waals surface area contributed by atoms with Crippen LogP contribution in [-0.4, -0.2) is 30.3 Å². The average Bonchev–Trinajstić information content (AvgIpc) is 2.59. The van der Waals surface area contributed by atoms with Crippen molar-refractivity contribution in [2.45, 2.75) is 25.9 Å². The highest BCUT2D eigenvalue weighted by Crippen LogP contribution is 2.23. The molecule has 26 heavy (non-hydrogen) atoms. The molecule has 0 saturated carbocycles. The number of nitrogens with one attached hydrogen (secondary N) is 1. The van der Waals surface area contributed by atoms with Crippen molar-refractivity contribution in [3.8, 4) is 5.75 Å². The lowest BCUT2D eigenvalue weighted by atomic mass is 10.0. The maximum Gasteiger partial charge on any atom is 0.193 e. The molecule has 0 fully saturated rings. The van der Waals surface area contributed by atoms with Crippen LogP contribution < -0.4 is 15.8 Å². The molecule has 0 aromatic heterocycles. The molecule has 0 spiro atoms. The Morgan fingerprint density at radius 2 is 1.96 bits per heavy atom. The normalized spacial score (nSPS) is 12.4. The fourth-order valence-electron chi connectivity index (χ4n) is 2.17. The topological polar surface area (TPSA) is 79.9 Å². The van der Waals surface area contributed by atoms with Crippen LogP contribution in [0.4, 0.5) is 5.69 Å². The second-order valence-corrected chi connectivity index (χ2v) is 6.88. The van der Waals surface area contributed by atoms with Gasteiger partial charge in [0.15, 0.2) is 5.96 Å². The van der Waals surface area contributed by atoms with E-state index in [4.69, 9.17) is 10.5 Å². The van der Waals surface area contributed by atoms with Gasteiger partial charge in [0, 0.05) is 5.69 Å². The van der Waals surface area contributed by atoms with Crippen LogP contribution in [0.1, 0.15) is 25.3 Å². The number of ether oxygens (including phenoxy) is 1. The number of aliphatic imine (C=N–C) groups is 1. The van der Waals surface area contributed by atoms with E-state index in [-0.39, 0.29) is 43.1 Å². The number of benzene rings is 2. The molecule has 0 aliphatic heterocycles. The van der Waals surface area contributed by atoms with Crippen LogP contribution in [-0.2, 0) is 0 Å². The highest BCUT2D eigenvalue weighted by Gasteiger charge is 2.07. The Morgan fingerprint density at radius 3 is 2.65 bits per heavy atom. The van der Waals surface area contributed by atoms with Crippen molar-refractivity contribution in [3.05, 3.63) is 58.6 Å². The first-order chi connectivity index (χ1) is 12.0. The van der Waals surface area contributed by atoms with E-state index in [1.807, 2.05) is 42.5 Å². The predicted molar refractivity (Wildman–Crippen MR) is 122 cm³/mol. The number of nitrogens with two attached hydrogens (primary N) is 1. The van der Waals surface area contributed by atoms with E-state index in [0.29, 0.717) is 11.7 Å². The number of aliphatic hydroxyl groups is 1. The van der Waals surface area contributed by atoms with E-state index in [9.17, 15) is 5.11 Å². The molecule has 2 aromatic carbocycles. The number of rotatable bonds is 7. The second kappa shape index (κ2) is 11.4. The summed E-state index contributed by atoms with van der Waals surface area (Å²) in [6.45, 7) is 4.57. The van der Waals surface area contributed by atoms with Crippen LogP contribution in [0.3, 0.4) is 0 Å². The van der Waals surface area contributed by atoms with Gasteiger partial charge in [0.25, 0.3) is 0 Å². The summed E-state index contributed by atoms with van der Waals surface area (Å²) < 4.78 is 6.41. The van der Waals surface area contributed by atoms with E-state index in [0.717, 1.165) is 10.2 Å². The van der Waals surface area contributed by atoms with E-state index < -0.39 is 6.10 Å². The quantitative estimate of drug-likeness (QED) is 0.281. The zero-order valence-corrected chi connectivity index (χ0v) is 18.8. The minimum atomic E-state index is -0.741. The van der Waals surface area contributed by atoms with Gasteiger partial charge in [-0.1, -0.05) is 38.1 Å². The minimum Gasteiger partial charge on any atom is -0.490 e. The van der Waals surface area contributed by atoms with Crippen LogP contribution in [0.2, 0.25) is 0 Å². The van der Waals surface area contributed by atoms with Gasteiger partial charge in [0.1, 0.15) is 18.5 Å². The summed E-state index contributed by atoms with van der Waals surface area (Å²) in [5, 5.41) is 13.0. The number of hydrogen-bond acceptors (Lipinski definition) is 3. The minimum absolute atomic E-state index is 0. The van der Waals surface area contributed by atoms with E-state index >= 15 is 0 Å². The molecule has 4 N–H and O–H groups in total. The lowest BCUT2D eigenvalue weighted by molar-refractivity contribution is 0.114. The van der Waals surface area contributed by atoms with Crippen LogP contribution in [0.5, 0.6) is 5.75 Å². The molecule has 1 unspecified atom stereocenters. The van der Waals surface area contributed by atoms with Crippen molar-refractivity contribution < 1.29 is 9.84 Å². The smallest absolute Gasteiger partial charge is 0.193 e. The van der Waals surface area contributed by atoms with E-state index in [1.165, 1.54) is 5.56 Å². The summed E-state index contributed by atoms with van der Waals surface area (Å²) in [5.74, 6) is 1.39. The molecule has 0 heterocycles. The van der Waals surface area contributed by atoms with Gasteiger partial charge in [0.05, 0.1) is 11.0 Å². The molecule has 0 amide bonds. The zero-order chi connectivity index (χ0) is 18.2. The van der Waals surface area contributed by atoms with Gasteiger partial charge in [0.2, 0.25) is 0 Å². The number of hydrogen-bond donors (Lipinski definition) is 3. The summed E-state index contributed by atoms with van der Waals surface area (Å²) in [5.41, 5.74) is 7.99. The fourth-order valence-corrected chi connectivity index (χ4v) is 2.57. The van der Waals surface area contributed by atoms with Crippen molar-refractivity contribution in [1.82, 2.24) is 0 Å². The molecule has 0 radical (unpaired) electrons. The summed E-state index contributed by atoms with van der Waals surface area (Å²) in [6, 6.07) is 15.5. The van der Waals surface area contributed by atoms with Gasteiger partial charge in [-0.05, 0) is 51.7 Å². The van der Waals surface area contributed by atoms with Gasteiger partial charge < -0.3 is 20.9 Å². The molecule has 142 valence electrons. The summed E-state index contributed by atoms with van der Waals surface area (Å²) in [7, 11) is 0. The molecule has 7 heteroatoms. The maximum atomic E-state index is 10.0. The van der Waals surface area contributed by atoms with E-state index in [2.05, 4.69) is 46.2 Å². The molecule has 0 aliphatic carbocycles. The molecule has 2 rings (SSSR count). The van der Waals surface area contributed by atoms with Crippen molar-refractivity contribution >= 4 is 51.6 Å². The highest BCUT2D eigenvalue weighted by atomic mass is 127. The molecule has 0 aliphatic rings. The lowest BCUT2D eigenvalue weighted by Gasteiger charge is -2.13. The second-order valence-electron chi connectivity index (χ2n) is 6.03. The Hall–Kier alpha value is -1.32. The first-order valence-electron chi connectivity index (χ1n) is 8.18. The fraction of sp³-hybridized carbons (Fsp3) is 0.316. The predicted octanol–water partition coefficient (Wildman–Crippen LogP) is 4.36. The number of anilines is 1. The number of para-hydroxylation sites is 1. The van der Waals surface area contributed by atoms with Crippen molar-refractivity contribution in [2.75, 3.05) is 18.5 Å². The van der Waals surface area contributed by atoms with E-state index in [1.54, 1.807) is 0 Å². The van der Waals surface area contributed by atoms with Crippen LogP contribution >= 0.6 is 39.9 Å². The molecular formula is C19H25BrIN3O2. The third-order valence-corrected chi connectivity index (χ3v) is 4.22. The molecule has 0 saturated heterocycles. The average molecular weight is 534 g/mol. The number of aliphatic hydroxyl groups excluding tert-OH is 1. The van der Waals surface area contributed by atoms with Crippen LogP contribution in [0.15, 0.2) is 58.0 Å². The van der Waals surface area contributed by atoms with Gasteiger partial charge in [-0.3, -0.25) is 4.99 Å². The first-order valence-corrected chi connectivity index (χ1v) is 8.97. The van der Waals surface area contributed by atoms with Crippen LogP contribution in [0, 0.1) is 0 Å². The summed E-state index contributed by atoms with van der Waals surface area (Å²) in [4.78, 5) is 4.17. The summed E-state index contributed by atoms with van der Waals surface area (Å²) >= 11 is 3.40. The highest BCUT2D eigenvalue weighted by molar-refractivity contribution is 14.0. The molecule has 0 bridgehead atoms. The Bertz CT molecular complexity index is 725. The van der Waals surface area contributed by atoms with Gasteiger partial charge in [-0.2, -0.15) is 0 Å². The van der Waals surface area contributed by atoms with Crippen molar-refractivity contribution in [3.63, 3.8) is 0 Å². The Morgan fingerprint density at radius 1 is 1.23 bits per heavy atom. The molecule has 1 atom stereocenters.